The standard InChI is InChI=1S/C19H18N6/c20-14-9-19(21,10-14)18-23-11-17-15(5-7-25(17)24-18)12-3-4-16-13(8-12)2-1-6-22-16/h1-8,11,14H,9-10,20-21H2. The van der Waals surface area contributed by atoms with Crippen molar-refractivity contribution in [3.8, 4) is 11.1 Å². The van der Waals surface area contributed by atoms with E-state index in [4.69, 9.17) is 11.5 Å². The first kappa shape index (κ1) is 14.5. The average molecular weight is 330 g/mol. The second-order valence-corrected chi connectivity index (χ2v) is 6.88. The fourth-order valence-corrected chi connectivity index (χ4v) is 3.67. The van der Waals surface area contributed by atoms with E-state index in [1.165, 1.54) is 0 Å². The molecule has 1 aliphatic rings. The van der Waals surface area contributed by atoms with Crippen LogP contribution >= 0.6 is 0 Å². The topological polar surface area (TPSA) is 95.1 Å². The van der Waals surface area contributed by atoms with Gasteiger partial charge in [0.05, 0.1) is 22.8 Å². The van der Waals surface area contributed by atoms with E-state index in [0.29, 0.717) is 5.82 Å². The van der Waals surface area contributed by atoms with Crippen LogP contribution in [0.3, 0.4) is 0 Å². The van der Waals surface area contributed by atoms with Crippen LogP contribution < -0.4 is 11.5 Å². The summed E-state index contributed by atoms with van der Waals surface area (Å²) in [6, 6.07) is 12.5. The second kappa shape index (κ2) is 5.08. The van der Waals surface area contributed by atoms with Crippen LogP contribution in [0, 0.1) is 0 Å². The van der Waals surface area contributed by atoms with Gasteiger partial charge in [-0.05, 0) is 42.7 Å². The molecule has 0 atom stereocenters. The Kier molecular flexibility index (Phi) is 2.95. The Balaban J connectivity index is 1.60. The summed E-state index contributed by atoms with van der Waals surface area (Å²) < 4.78 is 1.85. The Morgan fingerprint density at radius 1 is 1.12 bits per heavy atom. The molecule has 0 radical (unpaired) electrons. The molecular formula is C19H18N6. The van der Waals surface area contributed by atoms with Gasteiger partial charge in [0, 0.05) is 29.4 Å². The molecule has 0 spiro atoms. The molecule has 1 aliphatic carbocycles. The maximum Gasteiger partial charge on any atom is 0.169 e. The molecule has 1 saturated carbocycles. The van der Waals surface area contributed by atoms with Crippen molar-refractivity contribution in [3.05, 3.63) is 60.8 Å². The van der Waals surface area contributed by atoms with Crippen molar-refractivity contribution in [2.45, 2.75) is 24.4 Å². The molecule has 6 nitrogen and oxygen atoms in total. The molecule has 3 aromatic heterocycles. The summed E-state index contributed by atoms with van der Waals surface area (Å²) in [6.07, 6.45) is 7.06. The molecule has 0 aliphatic heterocycles. The van der Waals surface area contributed by atoms with Crippen LogP contribution in [0.5, 0.6) is 0 Å². The Morgan fingerprint density at radius 3 is 2.84 bits per heavy atom. The fraction of sp³-hybridized carbons (Fsp3) is 0.211. The molecule has 25 heavy (non-hydrogen) atoms. The van der Waals surface area contributed by atoms with Crippen LogP contribution in [-0.2, 0) is 5.54 Å². The number of aromatic nitrogens is 4. The van der Waals surface area contributed by atoms with Crippen molar-refractivity contribution >= 4 is 16.4 Å². The summed E-state index contributed by atoms with van der Waals surface area (Å²) >= 11 is 0. The highest BCUT2D eigenvalue weighted by Gasteiger charge is 2.43. The molecule has 0 amide bonds. The molecule has 4 aromatic rings. The van der Waals surface area contributed by atoms with Gasteiger partial charge in [-0.3, -0.25) is 4.98 Å². The van der Waals surface area contributed by atoms with Crippen molar-refractivity contribution in [2.24, 2.45) is 11.5 Å². The van der Waals surface area contributed by atoms with Gasteiger partial charge >= 0.3 is 0 Å². The van der Waals surface area contributed by atoms with E-state index in [0.717, 1.165) is 40.4 Å². The van der Waals surface area contributed by atoms with Gasteiger partial charge in [-0.2, -0.15) is 5.10 Å². The lowest BCUT2D eigenvalue weighted by Gasteiger charge is -2.41. The number of hydrogen-bond acceptors (Lipinski definition) is 5. The van der Waals surface area contributed by atoms with Crippen molar-refractivity contribution < 1.29 is 0 Å². The van der Waals surface area contributed by atoms with Crippen LogP contribution in [0.1, 0.15) is 18.7 Å². The summed E-state index contributed by atoms with van der Waals surface area (Å²) in [5.41, 5.74) is 15.9. The molecule has 0 unspecified atom stereocenters. The largest absolute Gasteiger partial charge is 0.328 e. The van der Waals surface area contributed by atoms with Gasteiger partial charge in [0.25, 0.3) is 0 Å². The minimum Gasteiger partial charge on any atom is -0.328 e. The molecule has 1 fully saturated rings. The fourth-order valence-electron chi connectivity index (χ4n) is 3.67. The van der Waals surface area contributed by atoms with Crippen LogP contribution in [0.4, 0.5) is 0 Å². The number of benzene rings is 1. The Bertz CT molecular complexity index is 1090. The van der Waals surface area contributed by atoms with Gasteiger partial charge in [-0.1, -0.05) is 12.1 Å². The highest BCUT2D eigenvalue weighted by atomic mass is 15.3. The zero-order valence-corrected chi connectivity index (χ0v) is 13.6. The predicted octanol–water partition coefficient (Wildman–Crippen LogP) is 2.22. The summed E-state index contributed by atoms with van der Waals surface area (Å²) in [4.78, 5) is 8.90. The molecule has 124 valence electrons. The molecule has 1 aromatic carbocycles. The Labute approximate surface area is 144 Å². The first-order valence-electron chi connectivity index (χ1n) is 8.37. The van der Waals surface area contributed by atoms with Crippen molar-refractivity contribution in [1.29, 1.82) is 0 Å². The first-order chi connectivity index (χ1) is 12.1. The quantitative estimate of drug-likeness (QED) is 0.587. The van der Waals surface area contributed by atoms with Crippen LogP contribution in [-0.4, -0.2) is 25.6 Å². The average Bonchev–Trinajstić information content (AvgIpc) is 3.03. The molecule has 0 saturated heterocycles. The minimum absolute atomic E-state index is 0.149. The third-order valence-corrected chi connectivity index (χ3v) is 5.03. The highest BCUT2D eigenvalue weighted by Crippen LogP contribution is 2.36. The van der Waals surface area contributed by atoms with E-state index in [1.807, 2.05) is 29.0 Å². The van der Waals surface area contributed by atoms with Crippen molar-refractivity contribution in [1.82, 2.24) is 19.6 Å². The lowest BCUT2D eigenvalue weighted by Crippen LogP contribution is -2.56. The lowest BCUT2D eigenvalue weighted by molar-refractivity contribution is 0.196. The summed E-state index contributed by atoms with van der Waals surface area (Å²) in [5, 5.41) is 5.74. The zero-order chi connectivity index (χ0) is 17.0. The van der Waals surface area contributed by atoms with Gasteiger partial charge < -0.3 is 11.5 Å². The number of nitrogens with zero attached hydrogens (tertiary/aromatic N) is 4. The van der Waals surface area contributed by atoms with Gasteiger partial charge in [-0.15, -0.1) is 0 Å². The number of nitrogens with two attached hydrogens (primary N) is 2. The third-order valence-electron chi connectivity index (χ3n) is 5.03. The lowest BCUT2D eigenvalue weighted by atomic mass is 9.73. The van der Waals surface area contributed by atoms with E-state index >= 15 is 0 Å². The summed E-state index contributed by atoms with van der Waals surface area (Å²) in [7, 11) is 0. The van der Waals surface area contributed by atoms with Gasteiger partial charge in [0.1, 0.15) is 0 Å². The van der Waals surface area contributed by atoms with Crippen LogP contribution in [0.25, 0.3) is 27.5 Å². The molecule has 3 heterocycles. The molecule has 4 N–H and O–H groups in total. The van der Waals surface area contributed by atoms with Gasteiger partial charge in [-0.25, -0.2) is 9.50 Å². The highest BCUT2D eigenvalue weighted by molar-refractivity contribution is 5.88. The number of fused-ring (bicyclic) bond motifs is 2. The molecule has 0 bridgehead atoms. The summed E-state index contributed by atoms with van der Waals surface area (Å²) in [5.74, 6) is 0.659. The van der Waals surface area contributed by atoms with Crippen LogP contribution in [0.15, 0.2) is 55.0 Å². The van der Waals surface area contributed by atoms with E-state index in [-0.39, 0.29) is 6.04 Å². The van der Waals surface area contributed by atoms with Crippen molar-refractivity contribution in [3.63, 3.8) is 0 Å². The predicted molar refractivity (Wildman–Crippen MR) is 96.8 cm³/mol. The maximum absolute atomic E-state index is 6.36. The van der Waals surface area contributed by atoms with E-state index in [2.05, 4.69) is 39.3 Å². The van der Waals surface area contributed by atoms with Crippen molar-refractivity contribution in [2.75, 3.05) is 0 Å². The van der Waals surface area contributed by atoms with E-state index in [1.54, 1.807) is 6.20 Å². The SMILES string of the molecule is NC1CC(N)(c2ncc3c(-c4ccc5ncccc5c4)ccn3n2)C1. The maximum atomic E-state index is 6.36. The third kappa shape index (κ3) is 2.22. The molecular weight excluding hydrogens is 312 g/mol. The number of pyridine rings is 1. The zero-order valence-electron chi connectivity index (χ0n) is 13.6. The van der Waals surface area contributed by atoms with E-state index < -0.39 is 5.54 Å². The van der Waals surface area contributed by atoms with Crippen LogP contribution in [0.2, 0.25) is 0 Å². The monoisotopic (exact) mass is 330 g/mol. The minimum atomic E-state index is -0.493. The first-order valence-corrected chi connectivity index (χ1v) is 8.37. The number of hydrogen-bond donors (Lipinski definition) is 2. The molecule has 6 heteroatoms. The number of rotatable bonds is 2. The Morgan fingerprint density at radius 2 is 2.00 bits per heavy atom. The second-order valence-electron chi connectivity index (χ2n) is 6.88. The Hall–Kier alpha value is -2.83. The van der Waals surface area contributed by atoms with Gasteiger partial charge in [0.2, 0.25) is 0 Å². The molecule has 5 rings (SSSR count). The van der Waals surface area contributed by atoms with Gasteiger partial charge in [0.15, 0.2) is 5.82 Å². The normalized spacial score (nSPS) is 23.0. The summed E-state index contributed by atoms with van der Waals surface area (Å²) in [6.45, 7) is 0. The van der Waals surface area contributed by atoms with E-state index in [9.17, 15) is 0 Å². The smallest absolute Gasteiger partial charge is 0.169 e.